The van der Waals surface area contributed by atoms with E-state index in [0.717, 1.165) is 6.04 Å². The van der Waals surface area contributed by atoms with Crippen molar-refractivity contribution >= 4 is 0 Å². The van der Waals surface area contributed by atoms with Crippen LogP contribution in [0.25, 0.3) is 0 Å². The summed E-state index contributed by atoms with van der Waals surface area (Å²) in [5.41, 5.74) is 0. The minimum Gasteiger partial charge on any atom is -0.298 e. The fourth-order valence-corrected chi connectivity index (χ4v) is 3.17. The van der Waals surface area contributed by atoms with Crippen LogP contribution in [0, 0.1) is 0 Å². The van der Waals surface area contributed by atoms with Gasteiger partial charge in [-0.05, 0) is 19.3 Å². The van der Waals surface area contributed by atoms with Crippen molar-refractivity contribution in [2.75, 3.05) is 13.1 Å². The molecule has 0 aromatic carbocycles. The summed E-state index contributed by atoms with van der Waals surface area (Å²) in [4.78, 5) is 2.67. The summed E-state index contributed by atoms with van der Waals surface area (Å²) in [7, 11) is 0. The van der Waals surface area contributed by atoms with E-state index in [1.807, 2.05) is 10.9 Å². The zero-order valence-electron chi connectivity index (χ0n) is 9.76. The van der Waals surface area contributed by atoms with Gasteiger partial charge in [0.2, 0.25) is 0 Å². The molecular formula is C12H20N4. The summed E-state index contributed by atoms with van der Waals surface area (Å²) in [6.07, 6.45) is 12.1. The van der Waals surface area contributed by atoms with Crippen LogP contribution >= 0.6 is 0 Å². The summed E-state index contributed by atoms with van der Waals surface area (Å²) in [5, 5.41) is 8.02. The van der Waals surface area contributed by atoms with Crippen LogP contribution < -0.4 is 0 Å². The third-order valence-electron chi connectivity index (χ3n) is 4.10. The van der Waals surface area contributed by atoms with Crippen molar-refractivity contribution in [3.63, 3.8) is 0 Å². The zero-order valence-corrected chi connectivity index (χ0v) is 9.76. The van der Waals surface area contributed by atoms with Crippen molar-refractivity contribution in [3.05, 3.63) is 12.4 Å². The van der Waals surface area contributed by atoms with E-state index in [9.17, 15) is 0 Å². The van der Waals surface area contributed by atoms with Gasteiger partial charge < -0.3 is 0 Å². The number of nitrogens with zero attached hydrogens (tertiary/aromatic N) is 4. The first kappa shape index (κ1) is 10.3. The molecule has 4 heteroatoms. The van der Waals surface area contributed by atoms with Gasteiger partial charge in [0.05, 0.1) is 12.2 Å². The van der Waals surface area contributed by atoms with Crippen molar-refractivity contribution in [1.29, 1.82) is 0 Å². The largest absolute Gasteiger partial charge is 0.298 e. The third kappa shape index (κ3) is 1.98. The van der Waals surface area contributed by atoms with E-state index in [2.05, 4.69) is 15.2 Å². The second-order valence-corrected chi connectivity index (χ2v) is 5.11. The lowest BCUT2D eigenvalue weighted by Crippen LogP contribution is -2.35. The van der Waals surface area contributed by atoms with Crippen LogP contribution in [0.2, 0.25) is 0 Å². The minimum atomic E-state index is 0.560. The molecule has 1 aliphatic carbocycles. The Morgan fingerprint density at radius 1 is 1.00 bits per heavy atom. The van der Waals surface area contributed by atoms with Crippen LogP contribution in [0.1, 0.15) is 44.6 Å². The SMILES string of the molecule is c1cn(C2CCN(C3CCCCC3)C2)nn1. The molecule has 0 N–H and O–H groups in total. The Balaban J connectivity index is 1.60. The Hall–Kier alpha value is -0.900. The van der Waals surface area contributed by atoms with Crippen LogP contribution in [0.4, 0.5) is 0 Å². The molecule has 2 fully saturated rings. The van der Waals surface area contributed by atoms with Gasteiger partial charge in [-0.3, -0.25) is 4.90 Å². The third-order valence-corrected chi connectivity index (χ3v) is 4.10. The monoisotopic (exact) mass is 220 g/mol. The number of rotatable bonds is 2. The standard InChI is InChI=1S/C12H20N4/c1-2-4-11(5-3-1)15-8-6-12(10-15)16-9-7-13-14-16/h7,9,11-12H,1-6,8,10H2. The van der Waals surface area contributed by atoms with Crippen LogP contribution in [-0.2, 0) is 0 Å². The molecule has 1 atom stereocenters. The molecule has 1 aromatic heterocycles. The molecule has 1 aliphatic heterocycles. The fraction of sp³-hybridized carbons (Fsp3) is 0.833. The molecule has 16 heavy (non-hydrogen) atoms. The van der Waals surface area contributed by atoms with E-state index in [0.29, 0.717) is 6.04 Å². The molecule has 88 valence electrons. The Bertz CT molecular complexity index is 316. The highest BCUT2D eigenvalue weighted by molar-refractivity contribution is 4.86. The van der Waals surface area contributed by atoms with Crippen molar-refractivity contribution in [2.24, 2.45) is 0 Å². The average molecular weight is 220 g/mol. The highest BCUT2D eigenvalue weighted by atomic mass is 15.4. The van der Waals surface area contributed by atoms with Crippen LogP contribution in [0.3, 0.4) is 0 Å². The average Bonchev–Trinajstić information content (AvgIpc) is 3.01. The first-order valence-electron chi connectivity index (χ1n) is 6.53. The van der Waals surface area contributed by atoms with E-state index < -0.39 is 0 Å². The number of aromatic nitrogens is 3. The number of hydrogen-bond donors (Lipinski definition) is 0. The van der Waals surface area contributed by atoms with Crippen LogP contribution in [0.15, 0.2) is 12.4 Å². The molecule has 3 rings (SSSR count). The van der Waals surface area contributed by atoms with Gasteiger partial charge in [-0.1, -0.05) is 24.5 Å². The molecule has 0 radical (unpaired) electrons. The molecule has 1 aromatic rings. The Morgan fingerprint density at radius 3 is 2.62 bits per heavy atom. The van der Waals surface area contributed by atoms with Gasteiger partial charge in [0.25, 0.3) is 0 Å². The molecule has 0 spiro atoms. The maximum atomic E-state index is 4.12. The molecular weight excluding hydrogens is 200 g/mol. The van der Waals surface area contributed by atoms with Gasteiger partial charge in [-0.15, -0.1) is 5.10 Å². The quantitative estimate of drug-likeness (QED) is 0.763. The predicted octanol–water partition coefficient (Wildman–Crippen LogP) is 1.86. The summed E-state index contributed by atoms with van der Waals surface area (Å²) < 4.78 is 2.03. The Morgan fingerprint density at radius 2 is 1.88 bits per heavy atom. The van der Waals surface area contributed by atoms with Gasteiger partial charge in [0, 0.05) is 25.3 Å². The highest BCUT2D eigenvalue weighted by Crippen LogP contribution is 2.29. The molecule has 1 saturated carbocycles. The lowest BCUT2D eigenvalue weighted by atomic mass is 9.94. The van der Waals surface area contributed by atoms with E-state index in [1.165, 1.54) is 51.6 Å². The summed E-state index contributed by atoms with van der Waals surface area (Å²) >= 11 is 0. The van der Waals surface area contributed by atoms with E-state index in [4.69, 9.17) is 0 Å². The second-order valence-electron chi connectivity index (χ2n) is 5.11. The smallest absolute Gasteiger partial charge is 0.0693 e. The molecule has 2 heterocycles. The summed E-state index contributed by atoms with van der Waals surface area (Å²) in [5.74, 6) is 0. The molecule has 4 nitrogen and oxygen atoms in total. The van der Waals surface area contributed by atoms with Gasteiger partial charge in [-0.25, -0.2) is 4.68 Å². The summed E-state index contributed by atoms with van der Waals surface area (Å²) in [6.45, 7) is 2.42. The van der Waals surface area contributed by atoms with Crippen LogP contribution in [-0.4, -0.2) is 39.0 Å². The van der Waals surface area contributed by atoms with Crippen molar-refractivity contribution in [2.45, 2.75) is 50.6 Å². The molecule has 1 saturated heterocycles. The Labute approximate surface area is 96.6 Å². The minimum absolute atomic E-state index is 0.560. The topological polar surface area (TPSA) is 34.0 Å². The first-order chi connectivity index (χ1) is 7.93. The van der Waals surface area contributed by atoms with Crippen molar-refractivity contribution in [3.8, 4) is 0 Å². The molecule has 1 unspecified atom stereocenters. The van der Waals surface area contributed by atoms with E-state index in [-0.39, 0.29) is 0 Å². The normalized spacial score (nSPS) is 28.6. The first-order valence-corrected chi connectivity index (χ1v) is 6.53. The van der Waals surface area contributed by atoms with Crippen LogP contribution in [0.5, 0.6) is 0 Å². The van der Waals surface area contributed by atoms with Gasteiger partial charge >= 0.3 is 0 Å². The molecule has 0 bridgehead atoms. The number of hydrogen-bond acceptors (Lipinski definition) is 3. The lowest BCUT2D eigenvalue weighted by molar-refractivity contribution is 0.184. The molecule has 0 amide bonds. The van der Waals surface area contributed by atoms with Crippen molar-refractivity contribution in [1.82, 2.24) is 19.9 Å². The van der Waals surface area contributed by atoms with Gasteiger partial charge in [-0.2, -0.15) is 0 Å². The zero-order chi connectivity index (χ0) is 10.8. The predicted molar refractivity (Wildman–Crippen MR) is 62.1 cm³/mol. The second kappa shape index (κ2) is 4.53. The lowest BCUT2D eigenvalue weighted by Gasteiger charge is -2.30. The summed E-state index contributed by atoms with van der Waals surface area (Å²) in [6, 6.07) is 1.41. The van der Waals surface area contributed by atoms with Crippen molar-refractivity contribution < 1.29 is 0 Å². The maximum Gasteiger partial charge on any atom is 0.0693 e. The van der Waals surface area contributed by atoms with Gasteiger partial charge in [0.15, 0.2) is 0 Å². The number of likely N-dealkylation sites (tertiary alicyclic amines) is 1. The molecule has 2 aliphatic rings. The maximum absolute atomic E-state index is 4.12. The Kier molecular flexibility index (Phi) is 2.91. The highest BCUT2D eigenvalue weighted by Gasteiger charge is 2.30. The van der Waals surface area contributed by atoms with E-state index in [1.54, 1.807) is 6.20 Å². The van der Waals surface area contributed by atoms with Gasteiger partial charge in [0.1, 0.15) is 0 Å². The fourth-order valence-electron chi connectivity index (χ4n) is 3.17. The van der Waals surface area contributed by atoms with E-state index >= 15 is 0 Å².